The van der Waals surface area contributed by atoms with Crippen LogP contribution < -0.4 is 16.1 Å². The van der Waals surface area contributed by atoms with Gasteiger partial charge < -0.3 is 16.4 Å². The molecule has 0 amide bonds. The van der Waals surface area contributed by atoms with Crippen molar-refractivity contribution in [2.24, 2.45) is 4.99 Å². The van der Waals surface area contributed by atoms with Crippen LogP contribution in [0, 0.1) is 38.0 Å². The molecule has 0 spiro atoms. The van der Waals surface area contributed by atoms with Crippen molar-refractivity contribution in [1.82, 2.24) is 10.3 Å². The van der Waals surface area contributed by atoms with Crippen LogP contribution in [0.1, 0.15) is 37.8 Å². The van der Waals surface area contributed by atoms with Gasteiger partial charge >= 0.3 is 0 Å². The van der Waals surface area contributed by atoms with Gasteiger partial charge in [-0.2, -0.15) is 7.05 Å². The number of rotatable bonds is 3. The zero-order valence-electron chi connectivity index (χ0n) is 19.0. The minimum atomic E-state index is 0. The summed E-state index contributed by atoms with van der Waals surface area (Å²) in [6.07, 6.45) is 5.95. The molecule has 1 fully saturated rings. The molecule has 31 heavy (non-hydrogen) atoms. The van der Waals surface area contributed by atoms with Crippen LogP contribution in [-0.4, -0.2) is 49.6 Å². The van der Waals surface area contributed by atoms with Crippen molar-refractivity contribution in [2.75, 3.05) is 38.0 Å². The van der Waals surface area contributed by atoms with Crippen molar-refractivity contribution in [3.05, 3.63) is 40.8 Å². The van der Waals surface area contributed by atoms with Gasteiger partial charge in [0.2, 0.25) is 0 Å². The number of hydrogen-bond donors (Lipinski definition) is 3. The predicted molar refractivity (Wildman–Crippen MR) is 123 cm³/mol. The summed E-state index contributed by atoms with van der Waals surface area (Å²) in [5.41, 5.74) is 11.4. The van der Waals surface area contributed by atoms with E-state index in [-0.39, 0.29) is 52.2 Å². The molecule has 0 saturated carbocycles. The molecule has 2 aromatic rings. The van der Waals surface area contributed by atoms with Gasteiger partial charge in [-0.1, -0.05) is 26.7 Å². The van der Waals surface area contributed by atoms with Gasteiger partial charge in [-0.25, -0.2) is 10.0 Å². The molecular formula is C22H33N6OUW-. The molecule has 4 N–H and O–H groups in total. The van der Waals surface area contributed by atoms with Crippen LogP contribution in [0.5, 0.6) is 0 Å². The van der Waals surface area contributed by atoms with E-state index in [0.717, 1.165) is 51.8 Å². The molecule has 9 heteroatoms. The Morgan fingerprint density at radius 2 is 1.87 bits per heavy atom. The second-order valence-electron chi connectivity index (χ2n) is 6.80. The molecular weight excluding hydrogens is 786 g/mol. The van der Waals surface area contributed by atoms with E-state index in [9.17, 15) is 5.21 Å². The van der Waals surface area contributed by atoms with E-state index in [1.807, 2.05) is 46.0 Å². The average Bonchev–Trinajstić information content (AvgIpc) is 3.43. The number of nitrogens with one attached hydrogen (secondary N) is 1. The smallest absolute Gasteiger partial charge is 0.184 e. The Morgan fingerprint density at radius 1 is 1.23 bits per heavy atom. The number of aryl methyl sites for hydroxylation is 1. The maximum Gasteiger partial charge on any atom is 0.184 e. The number of piperidine rings is 1. The van der Waals surface area contributed by atoms with Gasteiger partial charge in [-0.3, -0.25) is 10.2 Å². The third-order valence-electron chi connectivity index (χ3n) is 4.92. The molecule has 2 aliphatic rings. The first-order valence-electron chi connectivity index (χ1n) is 10.2. The summed E-state index contributed by atoms with van der Waals surface area (Å²) in [5.74, 6) is 0.617. The summed E-state index contributed by atoms with van der Waals surface area (Å²) in [5, 5.41) is 18.0. The molecule has 0 bridgehead atoms. The van der Waals surface area contributed by atoms with Gasteiger partial charge in [0.1, 0.15) is 5.69 Å². The molecule has 0 unspecified atom stereocenters. The van der Waals surface area contributed by atoms with Gasteiger partial charge in [0.05, 0.1) is 0 Å². The maximum absolute atomic E-state index is 9.39. The van der Waals surface area contributed by atoms with Crippen LogP contribution >= 0.6 is 0 Å². The molecule has 7 nitrogen and oxygen atoms in total. The summed E-state index contributed by atoms with van der Waals surface area (Å²) in [4.78, 5) is 8.18. The third-order valence-corrected chi connectivity index (χ3v) is 4.92. The number of aliphatic imine (C=N–C) groups is 1. The monoisotopic (exact) mass is 819 g/mol. The Hall–Kier alpha value is -0.740. The van der Waals surface area contributed by atoms with E-state index >= 15 is 0 Å². The van der Waals surface area contributed by atoms with E-state index in [2.05, 4.69) is 20.6 Å². The molecule has 1 saturated heterocycles. The molecule has 1 aromatic carbocycles. The van der Waals surface area contributed by atoms with Gasteiger partial charge in [0, 0.05) is 88.5 Å². The van der Waals surface area contributed by atoms with E-state index in [1.165, 1.54) is 12.8 Å². The minimum Gasteiger partial charge on any atom is -0.662 e. The van der Waals surface area contributed by atoms with Crippen molar-refractivity contribution >= 4 is 23.4 Å². The van der Waals surface area contributed by atoms with Crippen LogP contribution in [0.2, 0.25) is 0 Å². The van der Waals surface area contributed by atoms with E-state index in [0.29, 0.717) is 11.9 Å². The Morgan fingerprint density at radius 3 is 2.39 bits per heavy atom. The van der Waals surface area contributed by atoms with E-state index < -0.39 is 0 Å². The van der Waals surface area contributed by atoms with Crippen molar-refractivity contribution in [1.29, 1.82) is 0 Å². The number of aromatic nitrogens is 1. The van der Waals surface area contributed by atoms with E-state index in [4.69, 9.17) is 5.73 Å². The number of nitrogen functional groups attached to an aromatic ring is 1. The molecule has 4 rings (SSSR count). The second kappa shape index (κ2) is 15.2. The van der Waals surface area contributed by atoms with Crippen LogP contribution in [-0.2, 0) is 21.1 Å². The molecule has 1 aromatic heterocycles. The summed E-state index contributed by atoms with van der Waals surface area (Å²) in [6, 6.07) is 6.54. The zero-order chi connectivity index (χ0) is 21.4. The van der Waals surface area contributed by atoms with Crippen LogP contribution in [0.25, 0.3) is 16.4 Å². The van der Waals surface area contributed by atoms with E-state index in [1.54, 1.807) is 19.5 Å². The first-order valence-corrected chi connectivity index (χ1v) is 10.2. The van der Waals surface area contributed by atoms with Gasteiger partial charge in [-0.15, -0.1) is 6.04 Å². The molecule has 168 valence electrons. The summed E-state index contributed by atoms with van der Waals surface area (Å²) >= 11 is 0. The fourth-order valence-electron chi connectivity index (χ4n) is 3.18. The van der Waals surface area contributed by atoms with Crippen molar-refractivity contribution in [2.45, 2.75) is 39.7 Å². The fourth-order valence-corrected chi connectivity index (χ4v) is 3.18. The second-order valence-corrected chi connectivity index (χ2v) is 6.80. The predicted octanol–water partition coefficient (Wildman–Crippen LogP) is 4.29. The Balaban J connectivity index is 0.000000640. The molecule has 0 aliphatic carbocycles. The number of nitrogens with zero attached hydrogens (tertiary/aromatic N) is 4. The fraction of sp³-hybridized carbons (Fsp3) is 0.455. The van der Waals surface area contributed by atoms with Crippen molar-refractivity contribution in [3.8, 4) is 11.1 Å². The van der Waals surface area contributed by atoms with Crippen molar-refractivity contribution < 1.29 is 57.4 Å². The third kappa shape index (κ3) is 8.28. The Kier molecular flexibility index (Phi) is 14.8. The average molecular weight is 819 g/mol. The summed E-state index contributed by atoms with van der Waals surface area (Å²) in [6.45, 7) is 8.27. The number of pyridine rings is 1. The van der Waals surface area contributed by atoms with Crippen molar-refractivity contribution in [3.63, 3.8) is 0 Å². The normalized spacial score (nSPS) is 14.2. The molecule has 0 radical (unpaired) electrons. The Bertz CT molecular complexity index is 843. The number of benzene rings is 1. The van der Waals surface area contributed by atoms with Crippen LogP contribution in [0.4, 0.5) is 17.2 Å². The quantitative estimate of drug-likeness (QED) is 0.244. The zero-order valence-corrected chi connectivity index (χ0v) is 26.1. The summed E-state index contributed by atoms with van der Waals surface area (Å²) in [7, 11) is 3.63. The number of hydrogen-bond acceptors (Lipinski definition) is 6. The SMILES string of the molecule is CC.CN=Cc1cc(-c2cnc3c(c2)N3O)cc(C)c1N.C[N-]C1CCNCC1.[U].[W]. The standard InChI is InChI=1S/C14H14N4O.C6H13N2.C2H6.U.W/c1-8-3-9(4-11(6-16-2)13(8)15)10-5-12-14(17-7-10)18(12)19;1-7-6-2-4-8-5-3-6;1-2;;/h3-7,19H,15H2,1-2H3;6,8H,2-5H2,1H3;1-2H3;;/q;-1;;;. The van der Waals surface area contributed by atoms with Gasteiger partial charge in [0.25, 0.3) is 0 Å². The van der Waals surface area contributed by atoms with Gasteiger partial charge in [-0.05, 0) is 49.3 Å². The number of anilines is 3. The summed E-state index contributed by atoms with van der Waals surface area (Å²) < 4.78 is 0. The van der Waals surface area contributed by atoms with Gasteiger partial charge in [0.15, 0.2) is 5.82 Å². The first kappa shape index (κ1) is 30.3. The molecule has 2 aliphatic heterocycles. The Labute approximate surface area is 224 Å². The number of fused-ring (bicyclic) bond motifs is 1. The number of nitrogens with two attached hydrogens (primary N) is 1. The topological polar surface area (TPSA) is 101 Å². The largest absolute Gasteiger partial charge is 0.662 e. The van der Waals surface area contributed by atoms with Crippen LogP contribution in [0.15, 0.2) is 29.4 Å². The van der Waals surface area contributed by atoms with Crippen LogP contribution in [0.3, 0.4) is 0 Å². The molecule has 0 atom stereocenters. The molecule has 3 heterocycles. The first-order chi connectivity index (χ1) is 14.0. The maximum atomic E-state index is 9.39. The minimum absolute atomic E-state index is 0.